The average Bonchev–Trinajstić information content (AvgIpc) is 2.74. The highest BCUT2D eigenvalue weighted by Gasteiger charge is 2.14. The molecule has 94 valence electrons. The second-order valence-electron chi connectivity index (χ2n) is 3.46. The number of hydrogen-bond acceptors (Lipinski definition) is 5. The molecule has 0 aliphatic heterocycles. The van der Waals surface area contributed by atoms with Crippen LogP contribution in [-0.2, 0) is 0 Å². The largest absolute Gasteiger partial charge is 0.439 e. The van der Waals surface area contributed by atoms with Gasteiger partial charge in [-0.3, -0.25) is 0 Å². The maximum absolute atomic E-state index is 8.76. The highest BCUT2D eigenvalue weighted by Crippen LogP contribution is 2.33. The molecule has 0 spiro atoms. The van der Waals surface area contributed by atoms with Gasteiger partial charge in [0.15, 0.2) is 5.84 Å². The fourth-order valence-electron chi connectivity index (χ4n) is 1.36. The van der Waals surface area contributed by atoms with Gasteiger partial charge < -0.3 is 15.4 Å². The first kappa shape index (κ1) is 12.8. The molecule has 1 aromatic carbocycles. The second-order valence-corrected chi connectivity index (χ2v) is 4.86. The van der Waals surface area contributed by atoms with Crippen LogP contribution in [0.5, 0.6) is 0 Å². The fraction of sp³-hybridized carbons (Fsp3) is 0.0909. The summed E-state index contributed by atoms with van der Waals surface area (Å²) in [6.45, 7) is 1.83. The van der Waals surface area contributed by atoms with Gasteiger partial charge >= 0.3 is 0 Å². The maximum Gasteiger partial charge on any atom is 0.260 e. The number of rotatable bonds is 3. The maximum atomic E-state index is 8.76. The zero-order chi connectivity index (χ0) is 13.1. The molecule has 0 bridgehead atoms. The summed E-state index contributed by atoms with van der Waals surface area (Å²) in [6.07, 6.45) is 1.55. The van der Waals surface area contributed by atoms with Crippen LogP contribution < -0.4 is 5.73 Å². The molecule has 0 saturated heterocycles. The van der Waals surface area contributed by atoms with Gasteiger partial charge in [-0.25, -0.2) is 4.98 Å². The number of benzene rings is 1. The molecule has 2 aromatic rings. The molecule has 7 heteroatoms. The standard InChI is InChI=1S/C11H10ClN3O2S/c1-6-5-17-11(14-6)18-8-4-2-3-7(12)9(8)10(13)15-16/h2-5,16H,1H3,(H2,13,15). The lowest BCUT2D eigenvalue weighted by Gasteiger charge is -2.07. The zero-order valence-electron chi connectivity index (χ0n) is 9.42. The van der Waals surface area contributed by atoms with Gasteiger partial charge in [-0.05, 0) is 30.8 Å². The minimum Gasteiger partial charge on any atom is -0.439 e. The van der Waals surface area contributed by atoms with E-state index in [2.05, 4.69) is 10.1 Å². The van der Waals surface area contributed by atoms with Crippen LogP contribution in [0.25, 0.3) is 0 Å². The van der Waals surface area contributed by atoms with Gasteiger partial charge in [0.25, 0.3) is 5.22 Å². The topological polar surface area (TPSA) is 84.6 Å². The van der Waals surface area contributed by atoms with Crippen LogP contribution in [0.3, 0.4) is 0 Å². The van der Waals surface area contributed by atoms with Crippen molar-refractivity contribution in [2.75, 3.05) is 0 Å². The van der Waals surface area contributed by atoms with Crippen molar-refractivity contribution < 1.29 is 9.62 Å². The highest BCUT2D eigenvalue weighted by molar-refractivity contribution is 7.99. The summed E-state index contributed by atoms with van der Waals surface area (Å²) in [6, 6.07) is 5.23. The number of aromatic nitrogens is 1. The van der Waals surface area contributed by atoms with E-state index >= 15 is 0 Å². The first-order valence-electron chi connectivity index (χ1n) is 4.98. The Labute approximate surface area is 113 Å². The van der Waals surface area contributed by atoms with E-state index in [0.717, 1.165) is 5.69 Å². The van der Waals surface area contributed by atoms with Crippen molar-refractivity contribution in [2.24, 2.45) is 10.9 Å². The first-order chi connectivity index (χ1) is 8.61. The van der Waals surface area contributed by atoms with E-state index in [1.54, 1.807) is 24.5 Å². The lowest BCUT2D eigenvalue weighted by molar-refractivity contribution is 0.318. The minimum absolute atomic E-state index is 0.0496. The van der Waals surface area contributed by atoms with Crippen LogP contribution in [0.15, 0.2) is 44.2 Å². The third-order valence-corrected chi connectivity index (χ3v) is 3.37. The Balaban J connectivity index is 2.41. The Hall–Kier alpha value is -1.66. The monoisotopic (exact) mass is 283 g/mol. The number of nitrogens with zero attached hydrogens (tertiary/aromatic N) is 2. The van der Waals surface area contributed by atoms with Gasteiger partial charge in [-0.1, -0.05) is 22.8 Å². The lowest BCUT2D eigenvalue weighted by atomic mass is 10.2. The van der Waals surface area contributed by atoms with Gasteiger partial charge in [0, 0.05) is 4.90 Å². The van der Waals surface area contributed by atoms with Crippen LogP contribution in [0.2, 0.25) is 5.02 Å². The van der Waals surface area contributed by atoms with E-state index in [1.165, 1.54) is 11.8 Å². The van der Waals surface area contributed by atoms with Crippen molar-refractivity contribution in [3.8, 4) is 0 Å². The number of halogens is 1. The zero-order valence-corrected chi connectivity index (χ0v) is 11.0. The summed E-state index contributed by atoms with van der Waals surface area (Å²) in [5.41, 5.74) is 6.85. The average molecular weight is 284 g/mol. The van der Waals surface area contributed by atoms with Gasteiger partial charge in [-0.2, -0.15) is 0 Å². The molecule has 1 aromatic heterocycles. The van der Waals surface area contributed by atoms with Gasteiger partial charge in [0.05, 0.1) is 16.3 Å². The molecule has 3 N–H and O–H groups in total. The quantitative estimate of drug-likeness (QED) is 0.391. The first-order valence-corrected chi connectivity index (χ1v) is 6.17. The minimum atomic E-state index is -0.0496. The van der Waals surface area contributed by atoms with Crippen LogP contribution in [0.4, 0.5) is 0 Å². The number of aryl methyl sites for hydroxylation is 1. The van der Waals surface area contributed by atoms with Crippen molar-refractivity contribution in [1.29, 1.82) is 0 Å². The fourth-order valence-corrected chi connectivity index (χ4v) is 2.63. The van der Waals surface area contributed by atoms with Gasteiger partial charge in [0.1, 0.15) is 6.26 Å². The Kier molecular flexibility index (Phi) is 3.78. The van der Waals surface area contributed by atoms with Crippen molar-refractivity contribution in [3.05, 3.63) is 40.7 Å². The third kappa shape index (κ3) is 2.60. The molecule has 0 amide bonds. The van der Waals surface area contributed by atoms with Crippen LogP contribution in [0.1, 0.15) is 11.3 Å². The highest BCUT2D eigenvalue weighted by atomic mass is 35.5. The van der Waals surface area contributed by atoms with Crippen LogP contribution >= 0.6 is 23.4 Å². The molecule has 0 fully saturated rings. The van der Waals surface area contributed by atoms with Crippen LogP contribution in [-0.4, -0.2) is 16.0 Å². The lowest BCUT2D eigenvalue weighted by Crippen LogP contribution is -2.14. The second kappa shape index (κ2) is 5.32. The third-order valence-electron chi connectivity index (χ3n) is 2.13. The van der Waals surface area contributed by atoms with E-state index in [1.807, 2.05) is 6.92 Å². The van der Waals surface area contributed by atoms with Crippen molar-refractivity contribution in [1.82, 2.24) is 4.98 Å². The summed E-state index contributed by atoms with van der Waals surface area (Å²) in [7, 11) is 0. The summed E-state index contributed by atoms with van der Waals surface area (Å²) >= 11 is 7.30. The van der Waals surface area contributed by atoms with E-state index in [4.69, 9.17) is 27.0 Å². The van der Waals surface area contributed by atoms with Crippen molar-refractivity contribution in [2.45, 2.75) is 17.0 Å². The summed E-state index contributed by atoms with van der Waals surface area (Å²) in [5, 5.41) is 12.6. The molecule has 0 saturated carbocycles. The van der Waals surface area contributed by atoms with Crippen LogP contribution in [0, 0.1) is 6.92 Å². The van der Waals surface area contributed by atoms with E-state index in [9.17, 15) is 0 Å². The molecular weight excluding hydrogens is 274 g/mol. The van der Waals surface area contributed by atoms with E-state index in [-0.39, 0.29) is 5.84 Å². The van der Waals surface area contributed by atoms with Crippen molar-refractivity contribution >= 4 is 29.2 Å². The smallest absolute Gasteiger partial charge is 0.260 e. The predicted octanol–water partition coefficient (Wildman–Crippen LogP) is 2.88. The summed E-state index contributed by atoms with van der Waals surface area (Å²) in [4.78, 5) is 4.88. The Bertz CT molecular complexity index is 598. The molecule has 0 aliphatic carbocycles. The molecule has 18 heavy (non-hydrogen) atoms. The predicted molar refractivity (Wildman–Crippen MR) is 69.3 cm³/mol. The number of oxime groups is 1. The Morgan fingerprint density at radius 3 is 2.94 bits per heavy atom. The molecule has 0 radical (unpaired) electrons. The van der Waals surface area contributed by atoms with Gasteiger partial charge in [-0.15, -0.1) is 0 Å². The molecule has 1 heterocycles. The number of nitrogens with two attached hydrogens (primary N) is 1. The van der Waals surface area contributed by atoms with Gasteiger partial charge in [0.2, 0.25) is 0 Å². The van der Waals surface area contributed by atoms with E-state index in [0.29, 0.717) is 20.7 Å². The number of hydrogen-bond donors (Lipinski definition) is 2. The summed E-state index contributed by atoms with van der Waals surface area (Å²) in [5.74, 6) is -0.0496. The molecule has 5 nitrogen and oxygen atoms in total. The van der Waals surface area contributed by atoms with Crippen molar-refractivity contribution in [3.63, 3.8) is 0 Å². The molecule has 0 aliphatic rings. The SMILES string of the molecule is Cc1coc(Sc2cccc(Cl)c2/C(N)=N/O)n1. The normalized spacial score (nSPS) is 11.8. The van der Waals surface area contributed by atoms with E-state index < -0.39 is 0 Å². The summed E-state index contributed by atoms with van der Waals surface area (Å²) < 4.78 is 5.24. The Morgan fingerprint density at radius 1 is 1.56 bits per heavy atom. The molecule has 2 rings (SSSR count). The molecular formula is C11H10ClN3O2S. The number of oxazole rings is 1. The molecule has 0 unspecified atom stereocenters. The number of amidine groups is 1. The molecule has 0 atom stereocenters. The Morgan fingerprint density at radius 2 is 2.33 bits per heavy atom.